The number of aromatic nitrogens is 2. The van der Waals surface area contributed by atoms with Gasteiger partial charge in [-0.05, 0) is 20.3 Å². The monoisotopic (exact) mass is 291 g/mol. The highest BCUT2D eigenvalue weighted by atomic mass is 15.3. The Hall–Kier alpha value is -1.36. The molecule has 5 nitrogen and oxygen atoms in total. The van der Waals surface area contributed by atoms with Crippen molar-refractivity contribution in [1.82, 2.24) is 14.9 Å². The zero-order chi connectivity index (χ0) is 15.2. The number of anilines is 2. The fourth-order valence-electron chi connectivity index (χ4n) is 2.72. The molecule has 1 aliphatic heterocycles. The Morgan fingerprint density at radius 3 is 2.43 bits per heavy atom. The number of hydrogen-bond donors (Lipinski definition) is 1. The zero-order valence-electron chi connectivity index (χ0n) is 13.9. The molecule has 0 saturated carbocycles. The second kappa shape index (κ2) is 7.59. The number of hydrogen-bond acceptors (Lipinski definition) is 5. The molecule has 0 spiro atoms. The molecule has 0 radical (unpaired) electrons. The van der Waals surface area contributed by atoms with Crippen LogP contribution < -0.4 is 10.2 Å². The quantitative estimate of drug-likeness (QED) is 0.872. The van der Waals surface area contributed by atoms with Gasteiger partial charge in [0, 0.05) is 51.3 Å². The van der Waals surface area contributed by atoms with Crippen molar-refractivity contribution in [1.29, 1.82) is 0 Å². The van der Waals surface area contributed by atoms with E-state index in [0.717, 1.165) is 56.6 Å². The normalized spacial score (nSPS) is 17.8. The topological polar surface area (TPSA) is 44.3 Å². The van der Waals surface area contributed by atoms with E-state index < -0.39 is 0 Å². The van der Waals surface area contributed by atoms with Gasteiger partial charge in [0.05, 0.1) is 0 Å². The van der Waals surface area contributed by atoms with Crippen LogP contribution >= 0.6 is 0 Å². The highest BCUT2D eigenvalue weighted by molar-refractivity contribution is 5.49. The molecule has 1 aliphatic rings. The molecule has 1 saturated heterocycles. The van der Waals surface area contributed by atoms with Crippen molar-refractivity contribution in [2.45, 2.75) is 46.6 Å². The van der Waals surface area contributed by atoms with Gasteiger partial charge in [-0.3, -0.25) is 4.90 Å². The molecule has 0 bridgehead atoms. The summed E-state index contributed by atoms with van der Waals surface area (Å²) >= 11 is 0. The van der Waals surface area contributed by atoms with Crippen molar-refractivity contribution < 1.29 is 0 Å². The lowest BCUT2D eigenvalue weighted by molar-refractivity contribution is 0.192. The van der Waals surface area contributed by atoms with Crippen molar-refractivity contribution in [3.8, 4) is 0 Å². The van der Waals surface area contributed by atoms with Crippen molar-refractivity contribution >= 4 is 11.6 Å². The highest BCUT2D eigenvalue weighted by Gasteiger charge is 2.21. The van der Waals surface area contributed by atoms with Crippen LogP contribution in [0, 0.1) is 0 Å². The van der Waals surface area contributed by atoms with E-state index in [1.165, 1.54) is 6.42 Å². The first-order valence-electron chi connectivity index (χ1n) is 8.28. The van der Waals surface area contributed by atoms with E-state index in [4.69, 9.17) is 4.98 Å². The van der Waals surface area contributed by atoms with Crippen LogP contribution in [0.3, 0.4) is 0 Å². The summed E-state index contributed by atoms with van der Waals surface area (Å²) in [6, 6.07) is 2.77. The molecule has 1 atom stereocenters. The van der Waals surface area contributed by atoms with Crippen LogP contribution in [-0.2, 0) is 6.42 Å². The van der Waals surface area contributed by atoms with Gasteiger partial charge in [-0.25, -0.2) is 9.97 Å². The number of piperazine rings is 1. The Morgan fingerprint density at radius 1 is 1.14 bits per heavy atom. The molecular weight excluding hydrogens is 262 g/mol. The molecule has 1 unspecified atom stereocenters. The van der Waals surface area contributed by atoms with Crippen molar-refractivity contribution in [2.75, 3.05) is 42.9 Å². The van der Waals surface area contributed by atoms with Gasteiger partial charge in [-0.15, -0.1) is 0 Å². The molecule has 0 aliphatic carbocycles. The van der Waals surface area contributed by atoms with Crippen LogP contribution in [0.15, 0.2) is 6.07 Å². The van der Waals surface area contributed by atoms with Gasteiger partial charge in [-0.1, -0.05) is 13.8 Å². The lowest BCUT2D eigenvalue weighted by Crippen LogP contribution is -2.49. The van der Waals surface area contributed by atoms with Gasteiger partial charge in [0.15, 0.2) is 0 Å². The average Bonchev–Trinajstić information content (AvgIpc) is 2.54. The maximum absolute atomic E-state index is 4.70. The Labute approximate surface area is 128 Å². The minimum absolute atomic E-state index is 0.682. The van der Waals surface area contributed by atoms with Gasteiger partial charge in [0.1, 0.15) is 17.5 Å². The molecule has 0 aromatic carbocycles. The fourth-order valence-corrected chi connectivity index (χ4v) is 2.72. The number of aryl methyl sites for hydroxylation is 1. The Bertz CT molecular complexity index is 440. The van der Waals surface area contributed by atoms with E-state index in [1.54, 1.807) is 0 Å². The Balaban J connectivity index is 2.07. The summed E-state index contributed by atoms with van der Waals surface area (Å²) < 4.78 is 0. The molecule has 1 aromatic heterocycles. The van der Waals surface area contributed by atoms with E-state index in [1.807, 2.05) is 0 Å². The standard InChI is InChI=1S/C16H29N5/c1-5-13(4)20-8-10-21(11-9-20)16-12-15(17-7-3)18-14(6-2)19-16/h12-13H,5-11H2,1-4H3,(H,17,18,19). The molecule has 2 heterocycles. The molecule has 21 heavy (non-hydrogen) atoms. The van der Waals surface area contributed by atoms with Gasteiger partial charge < -0.3 is 10.2 Å². The van der Waals surface area contributed by atoms with Gasteiger partial charge in [0.25, 0.3) is 0 Å². The summed E-state index contributed by atoms with van der Waals surface area (Å²) in [4.78, 5) is 14.2. The molecule has 0 amide bonds. The van der Waals surface area contributed by atoms with Crippen LogP contribution in [-0.4, -0.2) is 53.6 Å². The lowest BCUT2D eigenvalue weighted by Gasteiger charge is -2.38. The summed E-state index contributed by atoms with van der Waals surface area (Å²) in [6.07, 6.45) is 2.09. The minimum atomic E-state index is 0.682. The van der Waals surface area contributed by atoms with E-state index in [9.17, 15) is 0 Å². The van der Waals surface area contributed by atoms with Crippen LogP contribution in [0.2, 0.25) is 0 Å². The first-order valence-corrected chi connectivity index (χ1v) is 8.28. The van der Waals surface area contributed by atoms with E-state index >= 15 is 0 Å². The first kappa shape index (κ1) is 16.0. The third-order valence-electron chi connectivity index (χ3n) is 4.29. The summed E-state index contributed by atoms with van der Waals surface area (Å²) in [5, 5.41) is 3.31. The number of nitrogens with one attached hydrogen (secondary N) is 1. The van der Waals surface area contributed by atoms with Crippen LogP contribution in [0.4, 0.5) is 11.6 Å². The molecule has 118 valence electrons. The molecule has 5 heteroatoms. The van der Waals surface area contributed by atoms with E-state index in [-0.39, 0.29) is 0 Å². The third kappa shape index (κ3) is 4.06. The summed E-state index contributed by atoms with van der Waals surface area (Å²) in [7, 11) is 0. The third-order valence-corrected chi connectivity index (χ3v) is 4.29. The summed E-state index contributed by atoms with van der Waals surface area (Å²) in [5.74, 6) is 2.94. The minimum Gasteiger partial charge on any atom is -0.370 e. The van der Waals surface area contributed by atoms with Gasteiger partial charge in [-0.2, -0.15) is 0 Å². The predicted molar refractivity (Wildman–Crippen MR) is 89.1 cm³/mol. The van der Waals surface area contributed by atoms with E-state index in [2.05, 4.69) is 53.9 Å². The van der Waals surface area contributed by atoms with Crippen molar-refractivity contribution in [3.05, 3.63) is 11.9 Å². The maximum atomic E-state index is 4.70. The zero-order valence-corrected chi connectivity index (χ0v) is 13.9. The predicted octanol–water partition coefficient (Wildman–Crippen LogP) is 2.39. The van der Waals surface area contributed by atoms with E-state index in [0.29, 0.717) is 6.04 Å². The van der Waals surface area contributed by atoms with Gasteiger partial charge >= 0.3 is 0 Å². The number of rotatable bonds is 6. The Morgan fingerprint density at radius 2 is 1.86 bits per heavy atom. The smallest absolute Gasteiger partial charge is 0.134 e. The van der Waals surface area contributed by atoms with Crippen LogP contribution in [0.1, 0.15) is 39.9 Å². The summed E-state index contributed by atoms with van der Waals surface area (Å²) in [5.41, 5.74) is 0. The van der Waals surface area contributed by atoms with Gasteiger partial charge in [0.2, 0.25) is 0 Å². The average molecular weight is 291 g/mol. The highest BCUT2D eigenvalue weighted by Crippen LogP contribution is 2.19. The van der Waals surface area contributed by atoms with Crippen LogP contribution in [0.25, 0.3) is 0 Å². The fraction of sp³-hybridized carbons (Fsp3) is 0.750. The second-order valence-electron chi connectivity index (χ2n) is 5.69. The molecule has 2 rings (SSSR count). The second-order valence-corrected chi connectivity index (χ2v) is 5.69. The SMILES string of the molecule is CCNc1cc(N2CCN(C(C)CC)CC2)nc(CC)n1. The maximum Gasteiger partial charge on any atom is 0.134 e. The lowest BCUT2D eigenvalue weighted by atomic mass is 10.2. The van der Waals surface area contributed by atoms with Crippen molar-refractivity contribution in [2.24, 2.45) is 0 Å². The first-order chi connectivity index (χ1) is 10.2. The number of nitrogens with zero attached hydrogens (tertiary/aromatic N) is 4. The molecular formula is C16H29N5. The van der Waals surface area contributed by atoms with Crippen LogP contribution in [0.5, 0.6) is 0 Å². The summed E-state index contributed by atoms with van der Waals surface area (Å²) in [6.45, 7) is 14.0. The van der Waals surface area contributed by atoms with Crippen molar-refractivity contribution in [3.63, 3.8) is 0 Å². The molecule has 1 fully saturated rings. The molecule has 1 N–H and O–H groups in total. The molecule has 1 aromatic rings. The largest absolute Gasteiger partial charge is 0.370 e. The Kier molecular flexibility index (Phi) is 5.79.